The topological polar surface area (TPSA) is 71.3 Å². The molecule has 1 aromatic rings. The first-order valence-corrected chi connectivity index (χ1v) is 6.25. The standard InChI is InChI=1S/C12H18N4O2/c1-3-8-13-11-7-6-10(16(17)18)12(14-11)15(2)9-4-5-9/h6-7,9H,3-5,8H2,1-2H3,(H,13,14). The summed E-state index contributed by atoms with van der Waals surface area (Å²) in [5.74, 6) is 1.16. The van der Waals surface area contributed by atoms with Gasteiger partial charge in [0, 0.05) is 25.7 Å². The number of nitrogens with zero attached hydrogens (tertiary/aromatic N) is 3. The lowest BCUT2D eigenvalue weighted by Crippen LogP contribution is -2.22. The number of aromatic nitrogens is 1. The SMILES string of the molecule is CCCNc1ccc([N+](=O)[O-])c(N(C)C2CC2)n1. The Hall–Kier alpha value is -1.85. The van der Waals surface area contributed by atoms with Crippen LogP contribution in [0.2, 0.25) is 0 Å². The minimum Gasteiger partial charge on any atom is -0.370 e. The van der Waals surface area contributed by atoms with Crippen LogP contribution in [0.15, 0.2) is 12.1 Å². The number of nitro groups is 1. The summed E-state index contributed by atoms with van der Waals surface area (Å²) in [5.41, 5.74) is 0.0754. The van der Waals surface area contributed by atoms with E-state index in [1.165, 1.54) is 6.07 Å². The Morgan fingerprint density at radius 3 is 2.83 bits per heavy atom. The molecule has 0 spiro atoms. The van der Waals surface area contributed by atoms with Gasteiger partial charge >= 0.3 is 5.69 Å². The molecule has 1 heterocycles. The van der Waals surface area contributed by atoms with Gasteiger partial charge in [0.25, 0.3) is 0 Å². The van der Waals surface area contributed by atoms with E-state index in [0.29, 0.717) is 17.7 Å². The van der Waals surface area contributed by atoms with E-state index in [-0.39, 0.29) is 10.6 Å². The molecular weight excluding hydrogens is 232 g/mol. The van der Waals surface area contributed by atoms with E-state index in [1.54, 1.807) is 6.07 Å². The molecule has 1 aliphatic carbocycles. The number of hydrogen-bond donors (Lipinski definition) is 1. The summed E-state index contributed by atoms with van der Waals surface area (Å²) >= 11 is 0. The first-order valence-electron chi connectivity index (χ1n) is 6.25. The van der Waals surface area contributed by atoms with Crippen molar-refractivity contribution in [3.8, 4) is 0 Å². The van der Waals surface area contributed by atoms with Crippen LogP contribution in [0.1, 0.15) is 26.2 Å². The molecule has 0 unspecified atom stereocenters. The van der Waals surface area contributed by atoms with E-state index in [9.17, 15) is 10.1 Å². The lowest BCUT2D eigenvalue weighted by molar-refractivity contribution is -0.384. The average molecular weight is 250 g/mol. The molecule has 1 aromatic heterocycles. The Bertz CT molecular complexity index is 446. The first kappa shape index (κ1) is 12.6. The van der Waals surface area contributed by atoms with Gasteiger partial charge in [0.1, 0.15) is 5.82 Å². The molecule has 0 radical (unpaired) electrons. The zero-order valence-corrected chi connectivity index (χ0v) is 10.7. The number of pyridine rings is 1. The van der Waals surface area contributed by atoms with Crippen molar-refractivity contribution in [1.29, 1.82) is 0 Å². The molecule has 0 bridgehead atoms. The van der Waals surface area contributed by atoms with Crippen molar-refractivity contribution in [1.82, 2.24) is 4.98 Å². The zero-order chi connectivity index (χ0) is 13.1. The van der Waals surface area contributed by atoms with Gasteiger partial charge in [-0.1, -0.05) is 6.92 Å². The van der Waals surface area contributed by atoms with Crippen molar-refractivity contribution in [3.05, 3.63) is 22.2 Å². The van der Waals surface area contributed by atoms with Crippen molar-refractivity contribution in [3.63, 3.8) is 0 Å². The molecule has 1 saturated carbocycles. The quantitative estimate of drug-likeness (QED) is 0.620. The van der Waals surface area contributed by atoms with Crippen LogP contribution in [-0.2, 0) is 0 Å². The lowest BCUT2D eigenvalue weighted by atomic mass is 10.3. The Morgan fingerprint density at radius 1 is 1.56 bits per heavy atom. The fourth-order valence-electron chi connectivity index (χ4n) is 1.83. The molecule has 6 heteroatoms. The van der Waals surface area contributed by atoms with Crippen LogP contribution in [0.4, 0.5) is 17.3 Å². The summed E-state index contributed by atoms with van der Waals surface area (Å²) in [6.45, 7) is 2.88. The van der Waals surface area contributed by atoms with E-state index in [2.05, 4.69) is 17.2 Å². The molecule has 18 heavy (non-hydrogen) atoms. The highest BCUT2D eigenvalue weighted by Crippen LogP contribution is 2.34. The summed E-state index contributed by atoms with van der Waals surface area (Å²) in [4.78, 5) is 16.9. The van der Waals surface area contributed by atoms with Crippen molar-refractivity contribution in [2.75, 3.05) is 23.8 Å². The predicted octanol–water partition coefficient (Wildman–Crippen LogP) is 2.41. The van der Waals surface area contributed by atoms with E-state index >= 15 is 0 Å². The molecule has 6 nitrogen and oxygen atoms in total. The zero-order valence-electron chi connectivity index (χ0n) is 10.7. The van der Waals surface area contributed by atoms with Gasteiger partial charge in [0.2, 0.25) is 5.82 Å². The second-order valence-electron chi connectivity index (χ2n) is 4.57. The van der Waals surface area contributed by atoms with Gasteiger partial charge in [-0.05, 0) is 25.3 Å². The molecule has 0 aromatic carbocycles. The fourth-order valence-corrected chi connectivity index (χ4v) is 1.83. The van der Waals surface area contributed by atoms with Crippen molar-refractivity contribution in [2.45, 2.75) is 32.2 Å². The third-order valence-corrected chi connectivity index (χ3v) is 3.04. The van der Waals surface area contributed by atoms with E-state index in [4.69, 9.17) is 0 Å². The minimum absolute atomic E-state index is 0.0754. The summed E-state index contributed by atoms with van der Waals surface area (Å²) in [6, 6.07) is 3.59. The lowest BCUT2D eigenvalue weighted by Gasteiger charge is -2.18. The highest BCUT2D eigenvalue weighted by atomic mass is 16.6. The normalized spacial score (nSPS) is 14.3. The van der Waals surface area contributed by atoms with Gasteiger partial charge in [-0.3, -0.25) is 10.1 Å². The van der Waals surface area contributed by atoms with Crippen LogP contribution < -0.4 is 10.2 Å². The molecule has 1 fully saturated rings. The Morgan fingerprint density at radius 2 is 2.28 bits per heavy atom. The summed E-state index contributed by atoms with van der Waals surface area (Å²) < 4.78 is 0. The van der Waals surface area contributed by atoms with Crippen LogP contribution in [-0.4, -0.2) is 29.5 Å². The van der Waals surface area contributed by atoms with Crippen LogP contribution in [0.25, 0.3) is 0 Å². The van der Waals surface area contributed by atoms with Gasteiger partial charge in [0.05, 0.1) is 4.92 Å². The second-order valence-corrected chi connectivity index (χ2v) is 4.57. The summed E-state index contributed by atoms with van der Waals surface area (Å²) in [6.07, 6.45) is 3.16. The molecule has 1 N–H and O–H groups in total. The molecule has 1 aliphatic rings. The second kappa shape index (κ2) is 5.20. The van der Waals surface area contributed by atoms with Crippen LogP contribution in [0.3, 0.4) is 0 Å². The van der Waals surface area contributed by atoms with E-state index < -0.39 is 0 Å². The van der Waals surface area contributed by atoms with E-state index in [1.807, 2.05) is 11.9 Å². The van der Waals surface area contributed by atoms with Crippen molar-refractivity contribution >= 4 is 17.3 Å². The molecule has 2 rings (SSSR count). The maximum absolute atomic E-state index is 11.0. The van der Waals surface area contributed by atoms with Crippen molar-refractivity contribution in [2.24, 2.45) is 0 Å². The largest absolute Gasteiger partial charge is 0.370 e. The van der Waals surface area contributed by atoms with Crippen LogP contribution in [0.5, 0.6) is 0 Å². The van der Waals surface area contributed by atoms with Crippen molar-refractivity contribution < 1.29 is 4.92 Å². The number of nitrogens with one attached hydrogen (secondary N) is 1. The predicted molar refractivity (Wildman–Crippen MR) is 71.1 cm³/mol. The van der Waals surface area contributed by atoms with Crippen LogP contribution >= 0.6 is 0 Å². The maximum Gasteiger partial charge on any atom is 0.311 e. The van der Waals surface area contributed by atoms with Crippen LogP contribution in [0, 0.1) is 10.1 Å². The number of hydrogen-bond acceptors (Lipinski definition) is 5. The average Bonchev–Trinajstić information content (AvgIpc) is 3.19. The fraction of sp³-hybridized carbons (Fsp3) is 0.583. The highest BCUT2D eigenvalue weighted by molar-refractivity contribution is 5.62. The molecule has 0 amide bonds. The Balaban J connectivity index is 2.28. The third kappa shape index (κ3) is 2.69. The third-order valence-electron chi connectivity index (χ3n) is 3.04. The van der Waals surface area contributed by atoms with Gasteiger partial charge < -0.3 is 10.2 Å². The molecule has 0 atom stereocenters. The molecule has 0 aliphatic heterocycles. The Kier molecular flexibility index (Phi) is 3.64. The minimum atomic E-state index is -0.370. The highest BCUT2D eigenvalue weighted by Gasteiger charge is 2.31. The number of anilines is 2. The van der Waals surface area contributed by atoms with Gasteiger partial charge in [-0.2, -0.15) is 0 Å². The molecular formula is C12H18N4O2. The van der Waals surface area contributed by atoms with Gasteiger partial charge in [-0.25, -0.2) is 4.98 Å². The summed E-state index contributed by atoms with van der Waals surface area (Å²) in [5, 5.41) is 14.2. The smallest absolute Gasteiger partial charge is 0.311 e. The monoisotopic (exact) mass is 250 g/mol. The Labute approximate surface area is 106 Å². The molecule has 0 saturated heterocycles. The van der Waals surface area contributed by atoms with Gasteiger partial charge in [0.15, 0.2) is 0 Å². The first-order chi connectivity index (χ1) is 8.63. The number of rotatable bonds is 6. The maximum atomic E-state index is 11.0. The summed E-state index contributed by atoms with van der Waals surface area (Å²) in [7, 11) is 1.87. The van der Waals surface area contributed by atoms with Gasteiger partial charge in [-0.15, -0.1) is 0 Å². The molecule has 98 valence electrons. The van der Waals surface area contributed by atoms with E-state index in [0.717, 1.165) is 25.8 Å².